The molecule has 0 saturated heterocycles. The lowest BCUT2D eigenvalue weighted by molar-refractivity contribution is -0.147. The average molecular weight is 311 g/mol. The van der Waals surface area contributed by atoms with E-state index in [4.69, 9.17) is 11.6 Å². The van der Waals surface area contributed by atoms with Gasteiger partial charge in [-0.15, -0.1) is 0 Å². The summed E-state index contributed by atoms with van der Waals surface area (Å²) >= 11 is 5.74. The third kappa shape index (κ3) is 2.00. The number of carbonyl (C=O) groups is 2. The van der Waals surface area contributed by atoms with Crippen molar-refractivity contribution >= 4 is 23.4 Å². The Morgan fingerprint density at radius 2 is 2.24 bits per heavy atom. The van der Waals surface area contributed by atoms with Crippen LogP contribution >= 0.6 is 11.6 Å². The van der Waals surface area contributed by atoms with Gasteiger partial charge in [0.2, 0.25) is 0 Å². The molecule has 2 aliphatic carbocycles. The molecule has 2 saturated carbocycles. The summed E-state index contributed by atoms with van der Waals surface area (Å²) in [4.78, 5) is 23.8. The molecule has 0 spiro atoms. The van der Waals surface area contributed by atoms with Crippen LogP contribution in [0.4, 0.5) is 4.39 Å². The number of aliphatic carboxylic acids is 1. The fourth-order valence-corrected chi connectivity index (χ4v) is 4.26. The summed E-state index contributed by atoms with van der Waals surface area (Å²) in [5.74, 6) is -1.81. The molecule has 1 aromatic rings. The highest BCUT2D eigenvalue weighted by atomic mass is 35.5. The van der Waals surface area contributed by atoms with Crippen LogP contribution < -0.4 is 0 Å². The minimum absolute atomic E-state index is 0.0339. The summed E-state index contributed by atoms with van der Waals surface area (Å²) < 4.78 is 13.1. The van der Waals surface area contributed by atoms with Crippen LogP contribution in [0.5, 0.6) is 0 Å². The lowest BCUT2D eigenvalue weighted by atomic mass is 9.84. The maximum atomic E-state index is 13.1. The predicted molar refractivity (Wildman–Crippen MR) is 75.6 cm³/mol. The van der Waals surface area contributed by atoms with Crippen molar-refractivity contribution in [1.82, 2.24) is 0 Å². The van der Waals surface area contributed by atoms with Crippen molar-refractivity contribution in [3.8, 4) is 0 Å². The molecule has 1 aromatic carbocycles. The molecule has 0 heterocycles. The standard InChI is InChI=1S/C16H16ClFO3/c1-2-16(15(20)21)10-7-9(14(19)13(10)16)5-8-3-4-12(18)11(17)6-8/h3-4,6,9-10,13H,2,5,7H2,1H3,(H,20,21)/t9?,10?,13?,16-/m0/s1. The van der Waals surface area contributed by atoms with Crippen LogP contribution in [-0.2, 0) is 16.0 Å². The Labute approximate surface area is 127 Å². The number of fused-ring (bicyclic) bond motifs is 1. The normalized spacial score (nSPS) is 33.9. The van der Waals surface area contributed by atoms with E-state index in [1.165, 1.54) is 6.07 Å². The van der Waals surface area contributed by atoms with Gasteiger partial charge in [-0.2, -0.15) is 0 Å². The molecule has 0 radical (unpaired) electrons. The Morgan fingerprint density at radius 1 is 1.52 bits per heavy atom. The molecule has 3 rings (SSSR count). The minimum atomic E-state index is -0.850. The summed E-state index contributed by atoms with van der Waals surface area (Å²) in [5.41, 5.74) is -0.00734. The second-order valence-electron chi connectivity index (χ2n) is 6.07. The molecule has 3 unspecified atom stereocenters. The highest BCUT2D eigenvalue weighted by Crippen LogP contribution is 2.69. The zero-order chi connectivity index (χ0) is 15.4. The van der Waals surface area contributed by atoms with Gasteiger partial charge in [0.15, 0.2) is 0 Å². The number of carboxylic acid groups (broad SMARTS) is 1. The maximum absolute atomic E-state index is 13.1. The predicted octanol–water partition coefficient (Wildman–Crippen LogP) is 3.34. The van der Waals surface area contributed by atoms with Crippen LogP contribution in [0, 0.1) is 29.0 Å². The average Bonchev–Trinajstić information content (AvgIpc) is 2.99. The third-order valence-electron chi connectivity index (χ3n) is 5.21. The summed E-state index contributed by atoms with van der Waals surface area (Å²) in [5, 5.41) is 9.41. The van der Waals surface area contributed by atoms with E-state index in [1.807, 2.05) is 6.92 Å². The van der Waals surface area contributed by atoms with Gasteiger partial charge in [0.05, 0.1) is 10.4 Å². The lowest BCUT2D eigenvalue weighted by Crippen LogP contribution is -2.27. The van der Waals surface area contributed by atoms with Crippen molar-refractivity contribution in [2.24, 2.45) is 23.2 Å². The lowest BCUT2D eigenvalue weighted by Gasteiger charge is -2.18. The molecule has 4 atom stereocenters. The zero-order valence-electron chi connectivity index (χ0n) is 11.6. The van der Waals surface area contributed by atoms with Crippen LogP contribution in [-0.4, -0.2) is 16.9 Å². The van der Waals surface area contributed by atoms with E-state index >= 15 is 0 Å². The van der Waals surface area contributed by atoms with Gasteiger partial charge >= 0.3 is 5.97 Å². The van der Waals surface area contributed by atoms with Gasteiger partial charge in [-0.3, -0.25) is 9.59 Å². The monoisotopic (exact) mass is 310 g/mol. The molecular weight excluding hydrogens is 295 g/mol. The maximum Gasteiger partial charge on any atom is 0.310 e. The fraction of sp³-hybridized carbons (Fsp3) is 0.500. The van der Waals surface area contributed by atoms with Crippen molar-refractivity contribution in [2.75, 3.05) is 0 Å². The van der Waals surface area contributed by atoms with Gasteiger partial charge in [-0.1, -0.05) is 24.6 Å². The number of hydrogen-bond acceptors (Lipinski definition) is 2. The molecule has 1 N–H and O–H groups in total. The molecule has 3 nitrogen and oxygen atoms in total. The van der Waals surface area contributed by atoms with E-state index in [9.17, 15) is 19.1 Å². The third-order valence-corrected chi connectivity index (χ3v) is 5.50. The molecule has 0 bridgehead atoms. The van der Waals surface area contributed by atoms with E-state index in [-0.39, 0.29) is 28.6 Å². The van der Waals surface area contributed by atoms with Gasteiger partial charge in [0.25, 0.3) is 0 Å². The molecular formula is C16H16ClFO3. The molecule has 2 aliphatic rings. The topological polar surface area (TPSA) is 54.4 Å². The largest absolute Gasteiger partial charge is 0.481 e. The Morgan fingerprint density at radius 3 is 2.71 bits per heavy atom. The first kappa shape index (κ1) is 14.5. The van der Waals surface area contributed by atoms with Crippen molar-refractivity contribution in [1.29, 1.82) is 0 Å². The number of carboxylic acids is 1. The summed E-state index contributed by atoms with van der Waals surface area (Å²) in [6.07, 6.45) is 1.61. The van der Waals surface area contributed by atoms with Gasteiger partial charge in [-0.25, -0.2) is 4.39 Å². The molecule has 0 amide bonds. The van der Waals surface area contributed by atoms with Gasteiger partial charge in [0, 0.05) is 11.8 Å². The molecule has 0 aliphatic heterocycles. The number of halogens is 2. The SMILES string of the molecule is CC[C@]1(C(=O)O)C2CC(Cc3ccc(F)c(Cl)c3)C(=O)C21. The summed E-state index contributed by atoms with van der Waals surface area (Å²) in [6, 6.07) is 4.46. The first-order valence-electron chi connectivity index (χ1n) is 7.12. The van der Waals surface area contributed by atoms with Crippen LogP contribution in [0.15, 0.2) is 18.2 Å². The van der Waals surface area contributed by atoms with Crippen molar-refractivity contribution < 1.29 is 19.1 Å². The van der Waals surface area contributed by atoms with Crippen LogP contribution in [0.3, 0.4) is 0 Å². The Hall–Kier alpha value is -1.42. The van der Waals surface area contributed by atoms with Crippen LogP contribution in [0.25, 0.3) is 0 Å². The van der Waals surface area contributed by atoms with Crippen molar-refractivity contribution in [3.63, 3.8) is 0 Å². The summed E-state index contributed by atoms with van der Waals surface area (Å²) in [6.45, 7) is 1.83. The minimum Gasteiger partial charge on any atom is -0.481 e. The van der Waals surface area contributed by atoms with Gasteiger partial charge in [0.1, 0.15) is 11.6 Å². The number of hydrogen-bond donors (Lipinski definition) is 1. The molecule has 5 heteroatoms. The number of Topliss-reactive ketones (excluding diaryl/α,β-unsaturated/α-hetero) is 1. The Kier molecular flexibility index (Phi) is 3.32. The number of carbonyl (C=O) groups excluding carboxylic acids is 1. The molecule has 112 valence electrons. The highest BCUT2D eigenvalue weighted by molar-refractivity contribution is 6.30. The quantitative estimate of drug-likeness (QED) is 0.928. The first-order valence-corrected chi connectivity index (χ1v) is 7.50. The van der Waals surface area contributed by atoms with E-state index in [0.29, 0.717) is 19.3 Å². The zero-order valence-corrected chi connectivity index (χ0v) is 12.4. The van der Waals surface area contributed by atoms with Gasteiger partial charge in [-0.05, 0) is 42.9 Å². The Balaban J connectivity index is 1.73. The molecule has 0 aromatic heterocycles. The number of rotatable bonds is 4. The van der Waals surface area contributed by atoms with E-state index < -0.39 is 17.2 Å². The molecule has 2 fully saturated rings. The van der Waals surface area contributed by atoms with Crippen molar-refractivity contribution in [3.05, 3.63) is 34.6 Å². The van der Waals surface area contributed by atoms with E-state index in [1.54, 1.807) is 12.1 Å². The van der Waals surface area contributed by atoms with Crippen LogP contribution in [0.1, 0.15) is 25.3 Å². The van der Waals surface area contributed by atoms with E-state index in [0.717, 1.165) is 5.56 Å². The number of ketones is 1. The highest BCUT2D eigenvalue weighted by Gasteiger charge is 2.75. The Bertz CT molecular complexity index is 630. The smallest absolute Gasteiger partial charge is 0.310 e. The first-order chi connectivity index (χ1) is 9.91. The molecule has 21 heavy (non-hydrogen) atoms. The van der Waals surface area contributed by atoms with Crippen molar-refractivity contribution in [2.45, 2.75) is 26.2 Å². The van der Waals surface area contributed by atoms with E-state index in [2.05, 4.69) is 0 Å². The van der Waals surface area contributed by atoms with Crippen LogP contribution in [0.2, 0.25) is 5.02 Å². The fourth-order valence-electron chi connectivity index (χ4n) is 4.05. The number of benzene rings is 1. The second-order valence-corrected chi connectivity index (χ2v) is 6.48. The summed E-state index contributed by atoms with van der Waals surface area (Å²) in [7, 11) is 0. The second kappa shape index (κ2) is 4.80. The van der Waals surface area contributed by atoms with Gasteiger partial charge < -0.3 is 5.11 Å².